The molecule has 8 heteroatoms. The maximum Gasteiger partial charge on any atom is 0.416 e. The Kier molecular flexibility index (Phi) is 5.27. The van der Waals surface area contributed by atoms with Gasteiger partial charge in [-0.2, -0.15) is 13.2 Å². The molecular weight excluding hydrogens is 381 g/mol. The average Bonchev–Trinajstić information content (AvgIpc) is 2.73. The summed E-state index contributed by atoms with van der Waals surface area (Å²) in [6, 6.07) is 12.7. The molecule has 4 rings (SSSR count). The zero-order valence-electron chi connectivity index (χ0n) is 15.8. The summed E-state index contributed by atoms with van der Waals surface area (Å²) >= 11 is 0. The smallest absolute Gasteiger partial charge is 0.369 e. The van der Waals surface area contributed by atoms with Crippen LogP contribution in [0, 0.1) is 0 Å². The van der Waals surface area contributed by atoms with Gasteiger partial charge in [0.05, 0.1) is 22.8 Å². The molecule has 3 aromatic rings. The number of rotatable bonds is 4. The summed E-state index contributed by atoms with van der Waals surface area (Å²) in [6.45, 7) is 3.97. The van der Waals surface area contributed by atoms with Gasteiger partial charge in [-0.15, -0.1) is 0 Å². The van der Waals surface area contributed by atoms with Crippen molar-refractivity contribution >= 4 is 16.6 Å². The third-order valence-electron chi connectivity index (χ3n) is 5.30. The monoisotopic (exact) mass is 402 g/mol. The van der Waals surface area contributed by atoms with E-state index in [1.807, 2.05) is 23.1 Å². The Balaban J connectivity index is 1.36. The lowest BCUT2D eigenvalue weighted by atomic mass is 10.1. The van der Waals surface area contributed by atoms with Crippen LogP contribution >= 0.6 is 0 Å². The van der Waals surface area contributed by atoms with Crippen LogP contribution in [-0.2, 0) is 12.7 Å². The van der Waals surface area contributed by atoms with E-state index >= 15 is 0 Å². The third-order valence-corrected chi connectivity index (χ3v) is 5.30. The molecule has 0 atom stereocenters. The zero-order valence-corrected chi connectivity index (χ0v) is 15.8. The number of nitrogens with zero attached hydrogens (tertiary/aromatic N) is 4. The first kappa shape index (κ1) is 19.4. The molecule has 1 saturated heterocycles. The van der Waals surface area contributed by atoms with Crippen LogP contribution in [0.1, 0.15) is 5.56 Å². The van der Waals surface area contributed by atoms with Gasteiger partial charge in [-0.1, -0.05) is 18.2 Å². The highest BCUT2D eigenvalue weighted by atomic mass is 19.4. The van der Waals surface area contributed by atoms with Gasteiger partial charge in [0.1, 0.15) is 0 Å². The molecule has 1 fully saturated rings. The van der Waals surface area contributed by atoms with Crippen LogP contribution in [-0.4, -0.2) is 47.2 Å². The third kappa shape index (κ3) is 4.27. The number of hydrogen-bond acceptors (Lipinski definition) is 4. The molecule has 0 N–H and O–H groups in total. The molecule has 152 valence electrons. The fourth-order valence-electron chi connectivity index (χ4n) is 3.62. The molecule has 0 bridgehead atoms. The molecule has 0 spiro atoms. The highest BCUT2D eigenvalue weighted by Crippen LogP contribution is 2.31. The lowest BCUT2D eigenvalue weighted by Gasteiger charge is -2.36. The van der Waals surface area contributed by atoms with Gasteiger partial charge in [-0.25, -0.2) is 4.98 Å². The minimum atomic E-state index is -4.33. The summed E-state index contributed by atoms with van der Waals surface area (Å²) in [5.74, 6) is 0. The molecule has 2 aromatic carbocycles. The fraction of sp³-hybridized carbons (Fsp3) is 0.333. The first-order valence-electron chi connectivity index (χ1n) is 9.50. The topological polar surface area (TPSA) is 41.4 Å². The standard InChI is InChI=1S/C21H21F3N4O/c22-21(23,24)16-4-3-5-17(14-16)27-11-8-26(9-12-27)10-13-28-15-25-19-7-2-1-6-18(19)20(28)29/h1-7,14-15H,8-13H2. The number of piperazine rings is 1. The van der Waals surface area contributed by atoms with Crippen molar-refractivity contribution in [2.24, 2.45) is 0 Å². The van der Waals surface area contributed by atoms with Gasteiger partial charge in [-0.3, -0.25) is 14.3 Å². The van der Waals surface area contributed by atoms with Gasteiger partial charge in [0.15, 0.2) is 0 Å². The summed E-state index contributed by atoms with van der Waals surface area (Å²) in [5.41, 5.74) is 0.594. The quantitative estimate of drug-likeness (QED) is 0.672. The van der Waals surface area contributed by atoms with Crippen molar-refractivity contribution in [2.75, 3.05) is 37.6 Å². The van der Waals surface area contributed by atoms with Crippen LogP contribution in [0.3, 0.4) is 0 Å². The van der Waals surface area contributed by atoms with Crippen molar-refractivity contribution < 1.29 is 13.2 Å². The number of alkyl halides is 3. The van der Waals surface area contributed by atoms with Crippen molar-refractivity contribution in [2.45, 2.75) is 12.7 Å². The Morgan fingerprint density at radius 2 is 1.69 bits per heavy atom. The summed E-state index contributed by atoms with van der Waals surface area (Å²) in [6.07, 6.45) is -2.76. The first-order valence-corrected chi connectivity index (χ1v) is 9.50. The Morgan fingerprint density at radius 1 is 0.931 bits per heavy atom. The lowest BCUT2D eigenvalue weighted by molar-refractivity contribution is -0.137. The molecule has 0 radical (unpaired) electrons. The first-order chi connectivity index (χ1) is 13.9. The van der Waals surface area contributed by atoms with Crippen LogP contribution in [0.5, 0.6) is 0 Å². The minimum absolute atomic E-state index is 0.0572. The molecule has 1 aliphatic rings. The van der Waals surface area contributed by atoms with E-state index in [9.17, 15) is 18.0 Å². The van der Waals surface area contributed by atoms with E-state index in [4.69, 9.17) is 0 Å². The molecule has 0 aliphatic carbocycles. The van der Waals surface area contributed by atoms with E-state index in [0.29, 0.717) is 42.8 Å². The average molecular weight is 402 g/mol. The summed E-state index contributed by atoms with van der Waals surface area (Å²) in [5, 5.41) is 0.601. The van der Waals surface area contributed by atoms with E-state index in [1.54, 1.807) is 23.0 Å². The molecule has 2 heterocycles. The van der Waals surface area contributed by atoms with Crippen molar-refractivity contribution in [1.82, 2.24) is 14.5 Å². The van der Waals surface area contributed by atoms with Gasteiger partial charge in [0.2, 0.25) is 0 Å². The number of fused-ring (bicyclic) bond motifs is 1. The maximum atomic E-state index is 12.9. The highest BCUT2D eigenvalue weighted by Gasteiger charge is 2.31. The van der Waals surface area contributed by atoms with Crippen LogP contribution in [0.4, 0.5) is 18.9 Å². The van der Waals surface area contributed by atoms with Gasteiger partial charge >= 0.3 is 6.18 Å². The Bertz CT molecular complexity index is 1060. The minimum Gasteiger partial charge on any atom is -0.369 e. The van der Waals surface area contributed by atoms with Crippen molar-refractivity contribution in [1.29, 1.82) is 0 Å². The van der Waals surface area contributed by atoms with E-state index in [1.165, 1.54) is 12.1 Å². The Labute approximate surface area is 166 Å². The van der Waals surface area contributed by atoms with Crippen molar-refractivity contribution in [3.05, 3.63) is 70.8 Å². The number of halogens is 3. The predicted molar refractivity (Wildman–Crippen MR) is 106 cm³/mol. The highest BCUT2D eigenvalue weighted by molar-refractivity contribution is 5.76. The van der Waals surface area contributed by atoms with Crippen molar-refractivity contribution in [3.8, 4) is 0 Å². The van der Waals surface area contributed by atoms with Crippen LogP contribution < -0.4 is 10.5 Å². The molecule has 0 amide bonds. The largest absolute Gasteiger partial charge is 0.416 e. The summed E-state index contributed by atoms with van der Waals surface area (Å²) in [7, 11) is 0. The van der Waals surface area contributed by atoms with E-state index in [2.05, 4.69) is 9.88 Å². The van der Waals surface area contributed by atoms with Gasteiger partial charge in [0, 0.05) is 45.0 Å². The van der Waals surface area contributed by atoms with E-state index < -0.39 is 11.7 Å². The van der Waals surface area contributed by atoms with Crippen LogP contribution in [0.25, 0.3) is 10.9 Å². The second kappa shape index (κ2) is 7.87. The molecule has 29 heavy (non-hydrogen) atoms. The Morgan fingerprint density at radius 3 is 2.45 bits per heavy atom. The number of para-hydroxylation sites is 1. The van der Waals surface area contributed by atoms with E-state index in [0.717, 1.165) is 19.2 Å². The molecule has 5 nitrogen and oxygen atoms in total. The molecule has 1 aromatic heterocycles. The van der Waals surface area contributed by atoms with Crippen molar-refractivity contribution in [3.63, 3.8) is 0 Å². The summed E-state index contributed by atoms with van der Waals surface area (Å²) < 4.78 is 40.4. The SMILES string of the molecule is O=c1c2ccccc2ncn1CCN1CCN(c2cccc(C(F)(F)F)c2)CC1. The normalized spacial score (nSPS) is 15.8. The lowest BCUT2D eigenvalue weighted by Crippen LogP contribution is -2.47. The fourth-order valence-corrected chi connectivity index (χ4v) is 3.62. The molecular formula is C21H21F3N4O. The van der Waals surface area contributed by atoms with Crippen LogP contribution in [0.2, 0.25) is 0 Å². The van der Waals surface area contributed by atoms with Crippen LogP contribution in [0.15, 0.2) is 59.7 Å². The number of hydrogen-bond donors (Lipinski definition) is 0. The molecule has 1 aliphatic heterocycles. The maximum absolute atomic E-state index is 12.9. The number of aromatic nitrogens is 2. The van der Waals surface area contributed by atoms with E-state index in [-0.39, 0.29) is 5.56 Å². The second-order valence-corrected chi connectivity index (χ2v) is 7.14. The van der Waals surface area contributed by atoms with Gasteiger partial charge < -0.3 is 4.90 Å². The number of benzene rings is 2. The van der Waals surface area contributed by atoms with Gasteiger partial charge in [-0.05, 0) is 30.3 Å². The number of anilines is 1. The predicted octanol–water partition coefficient (Wildman–Crippen LogP) is 3.24. The second-order valence-electron chi connectivity index (χ2n) is 7.14. The molecule has 0 saturated carbocycles. The summed E-state index contributed by atoms with van der Waals surface area (Å²) in [4.78, 5) is 21.1. The molecule has 0 unspecified atom stereocenters. The van der Waals surface area contributed by atoms with Gasteiger partial charge in [0.25, 0.3) is 5.56 Å². The Hall–Kier alpha value is -2.87. The zero-order chi connectivity index (χ0) is 20.4.